The molecule has 3 heteroatoms. The van der Waals surface area contributed by atoms with E-state index in [0.717, 1.165) is 34.2 Å². The van der Waals surface area contributed by atoms with Crippen molar-refractivity contribution in [2.45, 2.75) is 33.1 Å². The van der Waals surface area contributed by atoms with Crippen LogP contribution in [0.25, 0.3) is 11.1 Å². The molecule has 0 heterocycles. The highest BCUT2D eigenvalue weighted by Gasteiger charge is 2.06. The van der Waals surface area contributed by atoms with Crippen molar-refractivity contribution in [2.24, 2.45) is 5.92 Å². The van der Waals surface area contributed by atoms with Crippen LogP contribution in [0.3, 0.4) is 0 Å². The molecule has 0 radical (unpaired) electrons. The van der Waals surface area contributed by atoms with E-state index < -0.39 is 0 Å². The quantitative estimate of drug-likeness (QED) is 0.501. The summed E-state index contributed by atoms with van der Waals surface area (Å²) in [6.07, 6.45) is 3.46. The van der Waals surface area contributed by atoms with Crippen molar-refractivity contribution < 1.29 is 4.74 Å². The van der Waals surface area contributed by atoms with Crippen LogP contribution in [0, 0.1) is 5.92 Å². The van der Waals surface area contributed by atoms with Gasteiger partial charge in [0.1, 0.15) is 5.75 Å². The maximum Gasteiger partial charge on any atom is 0.137 e. The molecule has 0 aliphatic carbocycles. The van der Waals surface area contributed by atoms with E-state index in [2.05, 4.69) is 13.8 Å². The first-order valence-electron chi connectivity index (χ1n) is 7.78. The van der Waals surface area contributed by atoms with E-state index in [-0.39, 0.29) is 0 Å². The van der Waals surface area contributed by atoms with Gasteiger partial charge in [-0.05, 0) is 54.2 Å². The molecule has 2 rings (SSSR count). The van der Waals surface area contributed by atoms with Gasteiger partial charge < -0.3 is 4.74 Å². The molecule has 0 saturated carbocycles. The van der Waals surface area contributed by atoms with E-state index in [1.165, 1.54) is 12.8 Å². The molecule has 0 amide bonds. The smallest absolute Gasteiger partial charge is 0.137 e. The molecule has 2 aromatic carbocycles. The second-order valence-electron chi connectivity index (χ2n) is 5.66. The van der Waals surface area contributed by atoms with Crippen molar-refractivity contribution in [1.29, 1.82) is 0 Å². The summed E-state index contributed by atoms with van der Waals surface area (Å²) < 4.78 is 5.79. The number of benzene rings is 2. The van der Waals surface area contributed by atoms with Gasteiger partial charge in [-0.1, -0.05) is 61.7 Å². The minimum atomic E-state index is 0.640. The molecule has 0 aliphatic rings. The maximum atomic E-state index is 6.33. The summed E-state index contributed by atoms with van der Waals surface area (Å²) in [4.78, 5) is 0. The molecule has 0 spiro atoms. The second-order valence-corrected chi connectivity index (χ2v) is 6.50. The van der Waals surface area contributed by atoms with E-state index in [9.17, 15) is 0 Å². The summed E-state index contributed by atoms with van der Waals surface area (Å²) in [5.41, 5.74) is 2.09. The Hall–Kier alpha value is -1.18. The highest BCUT2D eigenvalue weighted by atomic mass is 35.5. The Labute approximate surface area is 143 Å². The number of halogens is 2. The van der Waals surface area contributed by atoms with Crippen molar-refractivity contribution in [2.75, 3.05) is 6.61 Å². The fraction of sp³-hybridized carbons (Fsp3) is 0.368. The third-order valence-electron chi connectivity index (χ3n) is 3.89. The Morgan fingerprint density at radius 2 is 1.82 bits per heavy atom. The van der Waals surface area contributed by atoms with Gasteiger partial charge in [0.05, 0.1) is 11.6 Å². The first-order valence-corrected chi connectivity index (χ1v) is 8.54. The lowest BCUT2D eigenvalue weighted by Gasteiger charge is -2.11. The Kier molecular flexibility index (Phi) is 6.60. The first kappa shape index (κ1) is 17.2. The average Bonchev–Trinajstić information content (AvgIpc) is 2.52. The highest BCUT2D eigenvalue weighted by molar-refractivity contribution is 6.32. The zero-order valence-electron chi connectivity index (χ0n) is 13.1. The largest absolute Gasteiger partial charge is 0.492 e. The summed E-state index contributed by atoms with van der Waals surface area (Å²) in [7, 11) is 0. The van der Waals surface area contributed by atoms with E-state index in [4.69, 9.17) is 27.9 Å². The minimum Gasteiger partial charge on any atom is -0.492 e. The Balaban J connectivity index is 1.98. The molecule has 2 aromatic rings. The van der Waals surface area contributed by atoms with Crippen molar-refractivity contribution in [3.63, 3.8) is 0 Å². The van der Waals surface area contributed by atoms with E-state index in [1.807, 2.05) is 42.5 Å². The van der Waals surface area contributed by atoms with Crippen molar-refractivity contribution >= 4 is 23.2 Å². The van der Waals surface area contributed by atoms with Gasteiger partial charge >= 0.3 is 0 Å². The highest BCUT2D eigenvalue weighted by Crippen LogP contribution is 2.31. The molecule has 0 N–H and O–H groups in total. The number of hydrogen-bond acceptors (Lipinski definition) is 1. The molecule has 1 nitrogen and oxygen atoms in total. The summed E-state index contributed by atoms with van der Waals surface area (Å²) in [5.74, 6) is 1.50. The number of rotatable bonds is 7. The fourth-order valence-electron chi connectivity index (χ4n) is 2.28. The van der Waals surface area contributed by atoms with Gasteiger partial charge in [0.25, 0.3) is 0 Å². The summed E-state index contributed by atoms with van der Waals surface area (Å²) in [6, 6.07) is 13.6. The minimum absolute atomic E-state index is 0.640. The van der Waals surface area contributed by atoms with Gasteiger partial charge in [-0.25, -0.2) is 0 Å². The molecule has 118 valence electrons. The lowest BCUT2D eigenvalue weighted by molar-refractivity contribution is 0.294. The predicted octanol–water partition coefficient (Wildman–Crippen LogP) is 6.87. The lowest BCUT2D eigenvalue weighted by Crippen LogP contribution is -2.01. The van der Waals surface area contributed by atoms with Crippen LogP contribution in [0.4, 0.5) is 0 Å². The molecular formula is C19H22Cl2O. The molecule has 0 unspecified atom stereocenters. The van der Waals surface area contributed by atoms with Crippen molar-refractivity contribution in [3.8, 4) is 16.9 Å². The van der Waals surface area contributed by atoms with Gasteiger partial charge in [-0.3, -0.25) is 0 Å². The predicted molar refractivity (Wildman–Crippen MR) is 96.1 cm³/mol. The second kappa shape index (κ2) is 8.45. The van der Waals surface area contributed by atoms with Gasteiger partial charge in [-0.15, -0.1) is 0 Å². The average molecular weight is 337 g/mol. The van der Waals surface area contributed by atoms with Gasteiger partial charge in [0, 0.05) is 5.02 Å². The summed E-state index contributed by atoms with van der Waals surface area (Å²) in [5, 5.41) is 1.36. The van der Waals surface area contributed by atoms with Crippen LogP contribution < -0.4 is 4.74 Å². The summed E-state index contributed by atoms with van der Waals surface area (Å²) in [6.45, 7) is 5.20. The monoisotopic (exact) mass is 336 g/mol. The van der Waals surface area contributed by atoms with Crippen LogP contribution in [-0.2, 0) is 0 Å². The Bertz CT molecular complexity index is 610. The fourth-order valence-corrected chi connectivity index (χ4v) is 2.71. The maximum absolute atomic E-state index is 6.33. The van der Waals surface area contributed by atoms with Crippen LogP contribution in [0.5, 0.6) is 5.75 Å². The van der Waals surface area contributed by atoms with E-state index in [0.29, 0.717) is 11.6 Å². The molecule has 0 fully saturated rings. The molecule has 22 heavy (non-hydrogen) atoms. The molecule has 0 bridgehead atoms. The van der Waals surface area contributed by atoms with Gasteiger partial charge in [-0.2, -0.15) is 0 Å². The normalized spacial score (nSPS) is 12.2. The molecule has 0 aliphatic heterocycles. The van der Waals surface area contributed by atoms with Gasteiger partial charge in [0.15, 0.2) is 0 Å². The van der Waals surface area contributed by atoms with Crippen LogP contribution in [-0.4, -0.2) is 6.61 Å². The number of ether oxygens (including phenoxy) is 1. The van der Waals surface area contributed by atoms with Crippen LogP contribution in [0.2, 0.25) is 10.0 Å². The van der Waals surface area contributed by atoms with E-state index in [1.54, 1.807) is 0 Å². The first-order chi connectivity index (χ1) is 10.6. The molecule has 0 saturated heterocycles. The molecule has 0 aromatic heterocycles. The molecular weight excluding hydrogens is 315 g/mol. The zero-order chi connectivity index (χ0) is 15.9. The summed E-state index contributed by atoms with van der Waals surface area (Å²) >= 11 is 12.4. The van der Waals surface area contributed by atoms with Crippen LogP contribution >= 0.6 is 23.2 Å². The van der Waals surface area contributed by atoms with Crippen LogP contribution in [0.1, 0.15) is 33.1 Å². The Morgan fingerprint density at radius 3 is 2.50 bits per heavy atom. The lowest BCUT2D eigenvalue weighted by atomic mass is 10.0. The third-order valence-corrected chi connectivity index (χ3v) is 4.42. The van der Waals surface area contributed by atoms with Gasteiger partial charge in [0.2, 0.25) is 0 Å². The Morgan fingerprint density at radius 1 is 1.05 bits per heavy atom. The zero-order valence-corrected chi connectivity index (χ0v) is 14.6. The van der Waals surface area contributed by atoms with Crippen molar-refractivity contribution in [1.82, 2.24) is 0 Å². The SMILES string of the molecule is CC[C@H](C)CCCOc1ccc(-c2cccc(Cl)c2)cc1Cl. The number of hydrogen-bond donors (Lipinski definition) is 0. The topological polar surface area (TPSA) is 9.23 Å². The van der Waals surface area contributed by atoms with Crippen molar-refractivity contribution in [3.05, 3.63) is 52.5 Å². The molecule has 1 atom stereocenters. The van der Waals surface area contributed by atoms with Crippen LogP contribution in [0.15, 0.2) is 42.5 Å². The third kappa shape index (κ3) is 4.93. The standard InChI is InChI=1S/C19H22Cl2O/c1-3-14(2)6-5-11-22-19-10-9-16(13-18(19)21)15-7-4-8-17(20)12-15/h4,7-10,12-14H,3,5-6,11H2,1-2H3/t14-/m0/s1. The van der Waals surface area contributed by atoms with E-state index >= 15 is 0 Å².